The fraction of sp³-hybridized carbons (Fsp3) is 0.368. The maximum absolute atomic E-state index is 12.7. The third-order valence-electron chi connectivity index (χ3n) is 4.28. The third-order valence-corrected chi connectivity index (χ3v) is 5.06. The first-order valence-electron chi connectivity index (χ1n) is 8.79. The van der Waals surface area contributed by atoms with Gasteiger partial charge < -0.3 is 15.0 Å². The Morgan fingerprint density at radius 2 is 2.08 bits per heavy atom. The summed E-state index contributed by atoms with van der Waals surface area (Å²) in [5, 5.41) is 8.56. The van der Waals surface area contributed by atoms with Gasteiger partial charge in [0.1, 0.15) is 5.75 Å². The molecule has 2 heterocycles. The molecular formula is C19H23N3O3S. The number of benzene rings is 1. The Bertz CT molecular complexity index is 748. The summed E-state index contributed by atoms with van der Waals surface area (Å²) in [6, 6.07) is 11.0. The highest BCUT2D eigenvalue weighted by molar-refractivity contribution is 7.14. The number of carbonyl (C=O) groups excluding carboxylic acids is 2. The number of hydrogen-bond donors (Lipinski definition) is 2. The fourth-order valence-electron chi connectivity index (χ4n) is 3.00. The van der Waals surface area contributed by atoms with Crippen molar-refractivity contribution >= 4 is 34.0 Å². The SMILES string of the molecule is CCOc1ccccc1NC(=O)C1CCCN(C(=O)Nc2cccs2)C1. The van der Waals surface area contributed by atoms with E-state index in [1.807, 2.05) is 48.7 Å². The lowest BCUT2D eigenvalue weighted by atomic mass is 9.97. The van der Waals surface area contributed by atoms with E-state index in [9.17, 15) is 9.59 Å². The molecule has 1 fully saturated rings. The second kappa shape index (κ2) is 8.71. The maximum atomic E-state index is 12.7. The molecule has 0 aliphatic carbocycles. The van der Waals surface area contributed by atoms with E-state index in [0.29, 0.717) is 31.1 Å². The number of thiophene rings is 1. The van der Waals surface area contributed by atoms with Crippen molar-refractivity contribution in [1.82, 2.24) is 4.90 Å². The molecule has 7 heteroatoms. The molecule has 0 spiro atoms. The summed E-state index contributed by atoms with van der Waals surface area (Å²) in [5.41, 5.74) is 0.666. The van der Waals surface area contributed by atoms with Crippen LogP contribution in [0.15, 0.2) is 41.8 Å². The van der Waals surface area contributed by atoms with Gasteiger partial charge in [0.05, 0.1) is 23.2 Å². The van der Waals surface area contributed by atoms with Crippen LogP contribution in [0.25, 0.3) is 0 Å². The molecule has 0 radical (unpaired) electrons. The van der Waals surface area contributed by atoms with Crippen molar-refractivity contribution in [3.8, 4) is 5.75 Å². The van der Waals surface area contributed by atoms with E-state index in [1.54, 1.807) is 4.90 Å². The summed E-state index contributed by atoms with van der Waals surface area (Å²) in [7, 11) is 0. The second-order valence-electron chi connectivity index (χ2n) is 6.11. The third kappa shape index (κ3) is 4.54. The number of anilines is 2. The molecule has 1 aromatic heterocycles. The molecule has 1 atom stereocenters. The number of hydrogen-bond acceptors (Lipinski definition) is 4. The van der Waals surface area contributed by atoms with E-state index in [4.69, 9.17) is 4.74 Å². The Hall–Kier alpha value is -2.54. The van der Waals surface area contributed by atoms with Crippen LogP contribution in [0.1, 0.15) is 19.8 Å². The zero-order valence-corrected chi connectivity index (χ0v) is 15.6. The van der Waals surface area contributed by atoms with Gasteiger partial charge in [-0.25, -0.2) is 4.79 Å². The highest BCUT2D eigenvalue weighted by Gasteiger charge is 2.29. The lowest BCUT2D eigenvalue weighted by Gasteiger charge is -2.32. The lowest BCUT2D eigenvalue weighted by Crippen LogP contribution is -2.45. The molecule has 6 nitrogen and oxygen atoms in total. The van der Waals surface area contributed by atoms with Crippen LogP contribution in [0.3, 0.4) is 0 Å². The number of urea groups is 1. The number of piperidine rings is 1. The molecule has 0 bridgehead atoms. The number of carbonyl (C=O) groups is 2. The van der Waals surface area contributed by atoms with Crippen molar-refractivity contribution in [2.45, 2.75) is 19.8 Å². The van der Waals surface area contributed by atoms with Crippen LogP contribution >= 0.6 is 11.3 Å². The van der Waals surface area contributed by atoms with Crippen LogP contribution in [-0.2, 0) is 4.79 Å². The van der Waals surface area contributed by atoms with Crippen LogP contribution in [0.4, 0.5) is 15.5 Å². The predicted octanol–water partition coefficient (Wildman–Crippen LogP) is 4.03. The first-order chi connectivity index (χ1) is 12.7. The first kappa shape index (κ1) is 18.3. The van der Waals surface area contributed by atoms with E-state index in [2.05, 4.69) is 10.6 Å². The molecule has 138 valence electrons. The van der Waals surface area contributed by atoms with Gasteiger partial charge in [-0.3, -0.25) is 10.1 Å². The molecule has 26 heavy (non-hydrogen) atoms. The van der Waals surface area contributed by atoms with Crippen LogP contribution < -0.4 is 15.4 Å². The summed E-state index contributed by atoms with van der Waals surface area (Å²) in [6.45, 7) is 3.52. The normalized spacial score (nSPS) is 16.8. The zero-order chi connectivity index (χ0) is 18.4. The Morgan fingerprint density at radius 3 is 2.85 bits per heavy atom. The summed E-state index contributed by atoms with van der Waals surface area (Å²) in [6.07, 6.45) is 1.58. The molecule has 1 aliphatic heterocycles. The van der Waals surface area contributed by atoms with Crippen molar-refractivity contribution in [2.24, 2.45) is 5.92 Å². The van der Waals surface area contributed by atoms with E-state index in [-0.39, 0.29) is 17.9 Å². The molecule has 1 saturated heterocycles. The smallest absolute Gasteiger partial charge is 0.322 e. The summed E-state index contributed by atoms with van der Waals surface area (Å²) >= 11 is 1.48. The van der Waals surface area contributed by atoms with Crippen LogP contribution in [-0.4, -0.2) is 36.5 Å². The monoisotopic (exact) mass is 373 g/mol. The van der Waals surface area contributed by atoms with Gasteiger partial charge >= 0.3 is 6.03 Å². The van der Waals surface area contributed by atoms with Crippen molar-refractivity contribution in [2.75, 3.05) is 30.3 Å². The van der Waals surface area contributed by atoms with Gasteiger partial charge in [0.15, 0.2) is 0 Å². The lowest BCUT2D eigenvalue weighted by molar-refractivity contribution is -0.121. The summed E-state index contributed by atoms with van der Waals surface area (Å²) in [4.78, 5) is 26.8. The van der Waals surface area contributed by atoms with Gasteiger partial charge in [-0.05, 0) is 49.4 Å². The number of para-hydroxylation sites is 2. The Morgan fingerprint density at radius 1 is 1.23 bits per heavy atom. The molecule has 2 N–H and O–H groups in total. The molecule has 1 aliphatic rings. The van der Waals surface area contributed by atoms with E-state index in [0.717, 1.165) is 17.8 Å². The van der Waals surface area contributed by atoms with Crippen LogP contribution in [0.5, 0.6) is 5.75 Å². The minimum absolute atomic E-state index is 0.0780. The largest absolute Gasteiger partial charge is 0.492 e. The minimum Gasteiger partial charge on any atom is -0.492 e. The quantitative estimate of drug-likeness (QED) is 0.831. The van der Waals surface area contributed by atoms with Gasteiger partial charge in [0.2, 0.25) is 5.91 Å². The molecular weight excluding hydrogens is 350 g/mol. The van der Waals surface area contributed by atoms with E-state index < -0.39 is 0 Å². The van der Waals surface area contributed by atoms with Crippen molar-refractivity contribution in [1.29, 1.82) is 0 Å². The summed E-state index contributed by atoms with van der Waals surface area (Å²) < 4.78 is 5.56. The molecule has 3 amide bonds. The Kier molecular flexibility index (Phi) is 6.12. The van der Waals surface area contributed by atoms with E-state index in [1.165, 1.54) is 11.3 Å². The standard InChI is InChI=1S/C19H23N3O3S/c1-2-25-16-9-4-3-8-15(16)20-18(23)14-7-5-11-22(13-14)19(24)21-17-10-6-12-26-17/h3-4,6,8-10,12,14H,2,5,7,11,13H2,1H3,(H,20,23)(H,21,24). The average molecular weight is 373 g/mol. The molecule has 1 aromatic carbocycles. The average Bonchev–Trinajstić information content (AvgIpc) is 3.16. The highest BCUT2D eigenvalue weighted by Crippen LogP contribution is 2.26. The first-order valence-corrected chi connectivity index (χ1v) is 9.67. The number of nitrogens with zero attached hydrogens (tertiary/aromatic N) is 1. The number of likely N-dealkylation sites (tertiary alicyclic amines) is 1. The maximum Gasteiger partial charge on any atom is 0.322 e. The van der Waals surface area contributed by atoms with Crippen molar-refractivity contribution in [3.63, 3.8) is 0 Å². The van der Waals surface area contributed by atoms with Gasteiger partial charge in [-0.1, -0.05) is 12.1 Å². The molecule has 1 unspecified atom stereocenters. The predicted molar refractivity (Wildman–Crippen MR) is 104 cm³/mol. The Balaban J connectivity index is 1.60. The number of ether oxygens (including phenoxy) is 1. The van der Waals surface area contributed by atoms with Gasteiger partial charge in [-0.15, -0.1) is 11.3 Å². The van der Waals surface area contributed by atoms with Crippen LogP contribution in [0, 0.1) is 5.92 Å². The number of rotatable bonds is 5. The zero-order valence-electron chi connectivity index (χ0n) is 14.7. The molecule has 2 aromatic rings. The highest BCUT2D eigenvalue weighted by atomic mass is 32.1. The summed E-state index contributed by atoms with van der Waals surface area (Å²) in [5.74, 6) is 0.352. The molecule has 3 rings (SSSR count). The topological polar surface area (TPSA) is 70.7 Å². The van der Waals surface area contributed by atoms with Crippen molar-refractivity contribution < 1.29 is 14.3 Å². The fourth-order valence-corrected chi connectivity index (χ4v) is 3.60. The number of nitrogens with one attached hydrogen (secondary N) is 2. The van der Waals surface area contributed by atoms with Gasteiger partial charge in [0, 0.05) is 13.1 Å². The van der Waals surface area contributed by atoms with Gasteiger partial charge in [0.25, 0.3) is 0 Å². The Labute approximate surface area is 157 Å². The second-order valence-corrected chi connectivity index (χ2v) is 7.06. The van der Waals surface area contributed by atoms with Crippen molar-refractivity contribution in [3.05, 3.63) is 41.8 Å². The van der Waals surface area contributed by atoms with E-state index >= 15 is 0 Å². The van der Waals surface area contributed by atoms with Gasteiger partial charge in [-0.2, -0.15) is 0 Å². The van der Waals surface area contributed by atoms with Crippen LogP contribution in [0.2, 0.25) is 0 Å². The number of amides is 3. The minimum atomic E-state index is -0.229. The molecule has 0 saturated carbocycles.